The van der Waals surface area contributed by atoms with Crippen LogP contribution < -0.4 is 9.64 Å². The summed E-state index contributed by atoms with van der Waals surface area (Å²) in [5.41, 5.74) is 1.12. The van der Waals surface area contributed by atoms with Crippen LogP contribution in [0.15, 0.2) is 30.5 Å². The monoisotopic (exact) mass is 458 g/mol. The van der Waals surface area contributed by atoms with Crippen LogP contribution in [-0.2, 0) is 5.41 Å². The maximum Gasteiger partial charge on any atom is 0.320 e. The van der Waals surface area contributed by atoms with Gasteiger partial charge in [0, 0.05) is 36.4 Å². The van der Waals surface area contributed by atoms with Gasteiger partial charge in [0.25, 0.3) is 0 Å². The molecule has 6 rings (SSSR count). The molecule has 1 saturated heterocycles. The molecule has 1 N–H and O–H groups in total. The van der Waals surface area contributed by atoms with Gasteiger partial charge < -0.3 is 14.7 Å². The van der Waals surface area contributed by atoms with E-state index in [0.29, 0.717) is 18.9 Å². The third-order valence-electron chi connectivity index (χ3n) is 8.88. The van der Waals surface area contributed by atoms with Crippen LogP contribution in [-0.4, -0.2) is 50.7 Å². The zero-order valence-corrected chi connectivity index (χ0v) is 20.1. The van der Waals surface area contributed by atoms with E-state index in [4.69, 9.17) is 4.74 Å². The first-order valence-corrected chi connectivity index (χ1v) is 12.0. The first kappa shape index (κ1) is 21.4. The van der Waals surface area contributed by atoms with E-state index in [2.05, 4.69) is 58.1 Å². The fourth-order valence-corrected chi connectivity index (χ4v) is 5.86. The molecule has 1 spiro atoms. The molecular formula is C26H30N6O2. The summed E-state index contributed by atoms with van der Waals surface area (Å²) in [4.78, 5) is 11.4. The van der Waals surface area contributed by atoms with Gasteiger partial charge in [0.05, 0.1) is 35.9 Å². The number of hydrogen-bond donors (Lipinski definition) is 1. The molecule has 1 aromatic carbocycles. The summed E-state index contributed by atoms with van der Waals surface area (Å²) in [6, 6.07) is 11.1. The number of rotatable bonds is 4. The molecule has 3 aliphatic rings. The largest absolute Gasteiger partial charge is 0.467 e. The molecule has 0 amide bonds. The van der Waals surface area contributed by atoms with Gasteiger partial charge in [0.1, 0.15) is 5.82 Å². The lowest BCUT2D eigenvalue weighted by Crippen LogP contribution is -2.55. The number of methoxy groups -OCH3 is 1. The normalized spacial score (nSPS) is 31.5. The highest BCUT2D eigenvalue weighted by atomic mass is 16.5. The molecule has 2 saturated carbocycles. The highest BCUT2D eigenvalue weighted by Gasteiger charge is 2.75. The predicted molar refractivity (Wildman–Crippen MR) is 128 cm³/mol. The second kappa shape index (κ2) is 6.92. The van der Waals surface area contributed by atoms with E-state index in [1.54, 1.807) is 7.11 Å². The number of fused-ring (bicyclic) bond motifs is 1. The molecule has 8 nitrogen and oxygen atoms in total. The SMILES string of the molecule is COc1nc(N2C[C@@H](C)[C@@](C)(O)[C@@H](C)C2)cc(-n2ncc3ccc([C@]4(C#N)CC45CC5)cc32)n1. The molecule has 0 radical (unpaired) electrons. The molecule has 1 aliphatic heterocycles. The standard InChI is InChI=1S/C26H30N6O2/c1-16-12-31(13-17(2)24(16,3)33)21-10-22(30-23(29-21)34-4)32-20-9-19(6-5-18(20)11-28-32)26(15-27)14-25(26)7-8-25/h5-6,9-11,16-17,33H,7-8,12-14H2,1-4H3/t16-,17+,24-,26-/m1/s1. The van der Waals surface area contributed by atoms with E-state index in [9.17, 15) is 10.4 Å². The van der Waals surface area contributed by atoms with Gasteiger partial charge in [-0.3, -0.25) is 0 Å². The van der Waals surface area contributed by atoms with Gasteiger partial charge in [-0.05, 0) is 43.2 Å². The molecule has 0 bridgehead atoms. The summed E-state index contributed by atoms with van der Waals surface area (Å²) < 4.78 is 7.26. The van der Waals surface area contributed by atoms with E-state index in [1.807, 2.05) is 23.9 Å². The van der Waals surface area contributed by atoms with Crippen molar-refractivity contribution in [3.05, 3.63) is 36.0 Å². The molecule has 3 heterocycles. The number of nitrogens with zero attached hydrogens (tertiary/aromatic N) is 6. The number of ether oxygens (including phenoxy) is 1. The number of anilines is 1. The quantitative estimate of drug-likeness (QED) is 0.637. The average molecular weight is 459 g/mol. The Morgan fingerprint density at radius 3 is 2.44 bits per heavy atom. The molecule has 4 atom stereocenters. The third-order valence-corrected chi connectivity index (χ3v) is 8.88. The van der Waals surface area contributed by atoms with Crippen molar-refractivity contribution in [1.82, 2.24) is 19.7 Å². The number of benzene rings is 1. The molecule has 176 valence electrons. The Kier molecular flexibility index (Phi) is 4.35. The third kappa shape index (κ3) is 2.89. The van der Waals surface area contributed by atoms with Crippen molar-refractivity contribution >= 4 is 16.7 Å². The van der Waals surface area contributed by atoms with Crippen molar-refractivity contribution in [3.63, 3.8) is 0 Å². The summed E-state index contributed by atoms with van der Waals surface area (Å²) in [7, 11) is 1.56. The molecule has 2 aliphatic carbocycles. The minimum Gasteiger partial charge on any atom is -0.467 e. The van der Waals surface area contributed by atoms with E-state index in [-0.39, 0.29) is 28.7 Å². The minimum absolute atomic E-state index is 0.0872. The summed E-state index contributed by atoms with van der Waals surface area (Å²) in [6.45, 7) is 7.43. The molecule has 8 heteroatoms. The Labute approximate surface area is 199 Å². The van der Waals surface area contributed by atoms with E-state index < -0.39 is 5.60 Å². The summed E-state index contributed by atoms with van der Waals surface area (Å²) >= 11 is 0. The zero-order chi connectivity index (χ0) is 23.9. The first-order chi connectivity index (χ1) is 16.2. The van der Waals surface area contributed by atoms with Crippen molar-refractivity contribution in [2.75, 3.05) is 25.1 Å². The number of aliphatic hydroxyl groups is 1. The van der Waals surface area contributed by atoms with Crippen LogP contribution in [0.4, 0.5) is 5.82 Å². The molecule has 3 aromatic rings. The first-order valence-electron chi connectivity index (χ1n) is 12.0. The van der Waals surface area contributed by atoms with Crippen molar-refractivity contribution < 1.29 is 9.84 Å². The summed E-state index contributed by atoms with van der Waals surface area (Å²) in [5.74, 6) is 1.55. The van der Waals surface area contributed by atoms with Crippen LogP contribution in [0.3, 0.4) is 0 Å². The number of piperidine rings is 1. The second-order valence-electron chi connectivity index (χ2n) is 10.8. The number of hydrogen-bond acceptors (Lipinski definition) is 7. The topological polar surface area (TPSA) is 100 Å². The maximum atomic E-state index is 10.8. The Morgan fingerprint density at radius 2 is 1.82 bits per heavy atom. The zero-order valence-electron chi connectivity index (χ0n) is 20.1. The van der Waals surface area contributed by atoms with Gasteiger partial charge in [-0.25, -0.2) is 4.68 Å². The van der Waals surface area contributed by atoms with Gasteiger partial charge >= 0.3 is 6.01 Å². The highest BCUT2D eigenvalue weighted by molar-refractivity contribution is 5.82. The van der Waals surface area contributed by atoms with E-state index in [1.165, 1.54) is 0 Å². The van der Waals surface area contributed by atoms with Gasteiger partial charge in [-0.15, -0.1) is 0 Å². The Morgan fingerprint density at radius 1 is 1.12 bits per heavy atom. The van der Waals surface area contributed by atoms with Crippen LogP contribution in [0.25, 0.3) is 16.7 Å². The lowest BCUT2D eigenvalue weighted by Gasteiger charge is -2.46. The summed E-state index contributed by atoms with van der Waals surface area (Å²) in [6.07, 6.45) is 5.07. The van der Waals surface area contributed by atoms with Crippen molar-refractivity contribution in [2.45, 2.75) is 51.0 Å². The van der Waals surface area contributed by atoms with E-state index >= 15 is 0 Å². The van der Waals surface area contributed by atoms with E-state index in [0.717, 1.165) is 41.5 Å². The van der Waals surface area contributed by atoms with Gasteiger partial charge in [-0.1, -0.05) is 26.0 Å². The maximum absolute atomic E-state index is 10.8. The van der Waals surface area contributed by atoms with Crippen LogP contribution in [0.5, 0.6) is 6.01 Å². The predicted octanol–water partition coefficient (Wildman–Crippen LogP) is 3.61. The second-order valence-corrected chi connectivity index (χ2v) is 10.8. The Hall–Kier alpha value is -3.18. The fraction of sp³-hybridized carbons (Fsp3) is 0.538. The number of nitriles is 1. The van der Waals surface area contributed by atoms with Gasteiger partial charge in [-0.2, -0.15) is 20.3 Å². The molecule has 2 aromatic heterocycles. The van der Waals surface area contributed by atoms with Crippen LogP contribution in [0.2, 0.25) is 0 Å². The summed E-state index contributed by atoms with van der Waals surface area (Å²) in [5, 5.41) is 26.5. The fourth-order valence-electron chi connectivity index (χ4n) is 5.86. The molecular weight excluding hydrogens is 428 g/mol. The molecule has 34 heavy (non-hydrogen) atoms. The highest BCUT2D eigenvalue weighted by Crippen LogP contribution is 2.78. The van der Waals surface area contributed by atoms with Crippen molar-refractivity contribution in [3.8, 4) is 17.9 Å². The Bertz CT molecular complexity index is 1320. The number of aromatic nitrogens is 4. The van der Waals surface area contributed by atoms with Crippen LogP contribution >= 0.6 is 0 Å². The van der Waals surface area contributed by atoms with Gasteiger partial charge in [0.2, 0.25) is 0 Å². The molecule has 0 unspecified atom stereocenters. The minimum atomic E-state index is -0.719. The lowest BCUT2D eigenvalue weighted by molar-refractivity contribution is -0.0504. The van der Waals surface area contributed by atoms with Crippen molar-refractivity contribution in [2.24, 2.45) is 17.3 Å². The van der Waals surface area contributed by atoms with Crippen LogP contribution in [0.1, 0.15) is 45.6 Å². The van der Waals surface area contributed by atoms with Crippen molar-refractivity contribution in [1.29, 1.82) is 5.26 Å². The van der Waals surface area contributed by atoms with Gasteiger partial charge in [0.15, 0.2) is 5.82 Å². The lowest BCUT2D eigenvalue weighted by atomic mass is 9.76. The smallest absolute Gasteiger partial charge is 0.320 e. The van der Waals surface area contributed by atoms with Crippen LogP contribution in [0, 0.1) is 28.6 Å². The molecule has 3 fully saturated rings. The average Bonchev–Trinajstić information content (AvgIpc) is 3.71. The Balaban J connectivity index is 1.41.